The van der Waals surface area contributed by atoms with Gasteiger partial charge in [0.1, 0.15) is 25.4 Å². The van der Waals surface area contributed by atoms with Crippen molar-refractivity contribution >= 4 is 23.8 Å². The molecular weight excluding hydrogens is 410 g/mol. The van der Waals surface area contributed by atoms with E-state index >= 15 is 0 Å². The standard InChI is InChI=1S/C21H27NO9/c1-13(23)27-11-18-21(30-15(3)25)17(29-14(2)24)9-20(31-18)28-12-19(26)22-10-16-7-5-4-6-8-16/h4-8,17-18,20-21H,9-12H2,1-3H3,(H,22,26)/t17-,18-,20-,21+/m1/s1. The van der Waals surface area contributed by atoms with E-state index in [9.17, 15) is 19.2 Å². The highest BCUT2D eigenvalue weighted by molar-refractivity contribution is 5.77. The number of benzene rings is 1. The van der Waals surface area contributed by atoms with E-state index in [4.69, 9.17) is 23.7 Å². The van der Waals surface area contributed by atoms with Crippen LogP contribution < -0.4 is 5.32 Å². The summed E-state index contributed by atoms with van der Waals surface area (Å²) in [6.45, 7) is 3.43. The van der Waals surface area contributed by atoms with Gasteiger partial charge in [0.05, 0.1) is 0 Å². The third-order valence-corrected chi connectivity index (χ3v) is 4.29. The number of ether oxygens (including phenoxy) is 5. The molecule has 170 valence electrons. The van der Waals surface area contributed by atoms with Gasteiger partial charge in [0.25, 0.3) is 0 Å². The molecule has 4 atom stereocenters. The van der Waals surface area contributed by atoms with Crippen molar-refractivity contribution in [2.75, 3.05) is 13.2 Å². The fourth-order valence-electron chi connectivity index (χ4n) is 3.02. The van der Waals surface area contributed by atoms with Crippen LogP contribution in [0.5, 0.6) is 0 Å². The lowest BCUT2D eigenvalue weighted by molar-refractivity contribution is -0.264. The van der Waals surface area contributed by atoms with Crippen LogP contribution in [0.4, 0.5) is 0 Å². The van der Waals surface area contributed by atoms with Gasteiger partial charge in [0.15, 0.2) is 12.4 Å². The number of carbonyl (C=O) groups is 4. The molecule has 1 amide bonds. The first-order chi connectivity index (χ1) is 14.7. The average Bonchev–Trinajstić information content (AvgIpc) is 2.71. The van der Waals surface area contributed by atoms with E-state index in [1.54, 1.807) is 0 Å². The monoisotopic (exact) mass is 437 g/mol. The van der Waals surface area contributed by atoms with Gasteiger partial charge in [-0.15, -0.1) is 0 Å². The highest BCUT2D eigenvalue weighted by Gasteiger charge is 2.44. The van der Waals surface area contributed by atoms with Gasteiger partial charge in [0, 0.05) is 33.7 Å². The van der Waals surface area contributed by atoms with E-state index in [2.05, 4.69) is 5.32 Å². The minimum atomic E-state index is -0.993. The summed E-state index contributed by atoms with van der Waals surface area (Å²) in [6, 6.07) is 9.37. The Morgan fingerprint density at radius 2 is 1.68 bits per heavy atom. The fraction of sp³-hybridized carbons (Fsp3) is 0.524. The molecule has 0 spiro atoms. The molecule has 1 N–H and O–H groups in total. The van der Waals surface area contributed by atoms with E-state index in [0.717, 1.165) is 5.56 Å². The lowest BCUT2D eigenvalue weighted by Crippen LogP contribution is -2.54. The molecule has 1 saturated heterocycles. The lowest BCUT2D eigenvalue weighted by atomic mass is 10.0. The largest absolute Gasteiger partial charge is 0.463 e. The number of hydrogen-bond acceptors (Lipinski definition) is 9. The van der Waals surface area contributed by atoms with Crippen molar-refractivity contribution in [3.8, 4) is 0 Å². The first kappa shape index (κ1) is 24.3. The Morgan fingerprint density at radius 1 is 1.00 bits per heavy atom. The average molecular weight is 437 g/mol. The molecule has 1 aliphatic heterocycles. The molecule has 2 rings (SSSR count). The van der Waals surface area contributed by atoms with Crippen LogP contribution in [0.25, 0.3) is 0 Å². The van der Waals surface area contributed by atoms with Crippen molar-refractivity contribution in [2.45, 2.75) is 58.3 Å². The Morgan fingerprint density at radius 3 is 2.29 bits per heavy atom. The summed E-state index contributed by atoms with van der Waals surface area (Å²) in [5, 5.41) is 2.72. The van der Waals surface area contributed by atoms with Gasteiger partial charge in [-0.2, -0.15) is 0 Å². The van der Waals surface area contributed by atoms with Gasteiger partial charge in [-0.25, -0.2) is 0 Å². The van der Waals surface area contributed by atoms with Gasteiger partial charge >= 0.3 is 17.9 Å². The molecular formula is C21H27NO9. The Bertz CT molecular complexity index is 767. The number of hydrogen-bond donors (Lipinski definition) is 1. The van der Waals surface area contributed by atoms with E-state index < -0.39 is 42.5 Å². The van der Waals surface area contributed by atoms with Crippen molar-refractivity contribution in [1.82, 2.24) is 5.32 Å². The van der Waals surface area contributed by atoms with Gasteiger partial charge in [-0.05, 0) is 5.56 Å². The second kappa shape index (κ2) is 12.0. The van der Waals surface area contributed by atoms with Crippen LogP contribution in [-0.4, -0.2) is 61.6 Å². The molecule has 1 aromatic carbocycles. The van der Waals surface area contributed by atoms with Crippen LogP contribution in [-0.2, 0) is 49.4 Å². The maximum absolute atomic E-state index is 12.1. The molecule has 1 heterocycles. The summed E-state index contributed by atoms with van der Waals surface area (Å²) in [5.74, 6) is -2.12. The van der Waals surface area contributed by atoms with Crippen LogP contribution in [0.15, 0.2) is 30.3 Å². The topological polar surface area (TPSA) is 126 Å². The molecule has 0 radical (unpaired) electrons. The Balaban J connectivity index is 1.98. The van der Waals surface area contributed by atoms with Crippen LogP contribution in [0.3, 0.4) is 0 Å². The summed E-state index contributed by atoms with van der Waals surface area (Å²) in [4.78, 5) is 46.3. The van der Waals surface area contributed by atoms with Crippen molar-refractivity contribution in [3.05, 3.63) is 35.9 Å². The summed E-state index contributed by atoms with van der Waals surface area (Å²) >= 11 is 0. The maximum Gasteiger partial charge on any atom is 0.303 e. The minimum absolute atomic E-state index is 0.0278. The Labute approximate surface area is 180 Å². The number of carbonyl (C=O) groups excluding carboxylic acids is 4. The van der Waals surface area contributed by atoms with E-state index in [0.29, 0.717) is 6.54 Å². The summed E-state index contributed by atoms with van der Waals surface area (Å²) < 4.78 is 26.7. The van der Waals surface area contributed by atoms with E-state index in [-0.39, 0.29) is 25.5 Å². The molecule has 10 nitrogen and oxygen atoms in total. The zero-order chi connectivity index (χ0) is 22.8. The number of amides is 1. The second-order valence-electron chi connectivity index (χ2n) is 6.94. The molecule has 0 saturated carbocycles. The van der Waals surface area contributed by atoms with Crippen molar-refractivity contribution in [2.24, 2.45) is 0 Å². The number of esters is 3. The molecule has 1 aliphatic rings. The molecule has 31 heavy (non-hydrogen) atoms. The molecule has 1 aromatic rings. The zero-order valence-corrected chi connectivity index (χ0v) is 17.7. The highest BCUT2D eigenvalue weighted by Crippen LogP contribution is 2.27. The summed E-state index contributed by atoms with van der Waals surface area (Å²) in [6.07, 6.45) is -3.75. The summed E-state index contributed by atoms with van der Waals surface area (Å²) in [5.41, 5.74) is 0.936. The van der Waals surface area contributed by atoms with Crippen LogP contribution in [0.2, 0.25) is 0 Å². The minimum Gasteiger partial charge on any atom is -0.463 e. The van der Waals surface area contributed by atoms with Crippen LogP contribution in [0.1, 0.15) is 32.8 Å². The van der Waals surface area contributed by atoms with Gasteiger partial charge in [0.2, 0.25) is 5.91 Å². The first-order valence-electron chi connectivity index (χ1n) is 9.80. The third kappa shape index (κ3) is 8.73. The van der Waals surface area contributed by atoms with Gasteiger partial charge < -0.3 is 29.0 Å². The molecule has 0 bridgehead atoms. The van der Waals surface area contributed by atoms with Crippen LogP contribution >= 0.6 is 0 Å². The number of rotatable bonds is 9. The predicted molar refractivity (Wildman–Crippen MR) is 105 cm³/mol. The quantitative estimate of drug-likeness (QED) is 0.442. The van der Waals surface area contributed by atoms with Crippen LogP contribution in [0, 0.1) is 0 Å². The SMILES string of the molecule is CC(=O)OC[C@H]1O[C@@H](OCC(=O)NCc2ccccc2)C[C@@H](OC(C)=O)[C@@H]1OC(C)=O. The first-order valence-corrected chi connectivity index (χ1v) is 9.80. The normalized spacial score (nSPS) is 22.8. The fourth-order valence-corrected chi connectivity index (χ4v) is 3.02. The lowest BCUT2D eigenvalue weighted by Gasteiger charge is -2.39. The Hall–Kier alpha value is -2.98. The van der Waals surface area contributed by atoms with E-state index in [1.807, 2.05) is 30.3 Å². The third-order valence-electron chi connectivity index (χ3n) is 4.29. The summed E-state index contributed by atoms with van der Waals surface area (Å²) in [7, 11) is 0. The molecule has 0 aromatic heterocycles. The molecule has 1 fully saturated rings. The van der Waals surface area contributed by atoms with Gasteiger partial charge in [-0.3, -0.25) is 19.2 Å². The highest BCUT2D eigenvalue weighted by atomic mass is 16.7. The zero-order valence-electron chi connectivity index (χ0n) is 17.7. The van der Waals surface area contributed by atoms with Crippen molar-refractivity contribution < 1.29 is 42.9 Å². The van der Waals surface area contributed by atoms with Crippen molar-refractivity contribution in [3.63, 3.8) is 0 Å². The van der Waals surface area contributed by atoms with Crippen molar-refractivity contribution in [1.29, 1.82) is 0 Å². The second-order valence-corrected chi connectivity index (χ2v) is 6.94. The molecule has 0 unspecified atom stereocenters. The number of nitrogens with one attached hydrogen (secondary N) is 1. The smallest absolute Gasteiger partial charge is 0.303 e. The Kier molecular flexibility index (Phi) is 9.41. The molecule has 0 aliphatic carbocycles. The van der Waals surface area contributed by atoms with E-state index in [1.165, 1.54) is 20.8 Å². The van der Waals surface area contributed by atoms with Gasteiger partial charge in [-0.1, -0.05) is 30.3 Å². The molecule has 10 heteroatoms. The predicted octanol–water partition coefficient (Wildman–Crippen LogP) is 0.861. The maximum atomic E-state index is 12.1.